The molecule has 1 aliphatic rings. The number of H-pyrrole nitrogens is 1. The lowest BCUT2D eigenvalue weighted by Gasteiger charge is -2.15. The molecule has 0 atom stereocenters. The van der Waals surface area contributed by atoms with Crippen LogP contribution < -0.4 is 5.32 Å². The van der Waals surface area contributed by atoms with Crippen molar-refractivity contribution >= 4 is 5.82 Å². The van der Waals surface area contributed by atoms with Crippen LogP contribution in [0.1, 0.15) is 38.4 Å². The van der Waals surface area contributed by atoms with E-state index in [-0.39, 0.29) is 5.41 Å². The molecule has 13 heavy (non-hydrogen) atoms. The van der Waals surface area contributed by atoms with Gasteiger partial charge >= 0.3 is 0 Å². The monoisotopic (exact) mass is 179 g/mol. The first-order chi connectivity index (χ1) is 6.15. The van der Waals surface area contributed by atoms with Gasteiger partial charge in [-0.25, -0.2) is 0 Å². The third-order valence-corrected chi connectivity index (χ3v) is 2.89. The number of rotatable bonds is 2. The van der Waals surface area contributed by atoms with Crippen molar-refractivity contribution in [1.29, 1.82) is 0 Å². The van der Waals surface area contributed by atoms with E-state index < -0.39 is 0 Å². The van der Waals surface area contributed by atoms with Gasteiger partial charge < -0.3 is 5.32 Å². The molecule has 2 rings (SSSR count). The highest BCUT2D eigenvalue weighted by Crippen LogP contribution is 2.39. The number of hydrogen-bond acceptors (Lipinski definition) is 2. The molecular formula is C10H17N3. The molecule has 0 bridgehead atoms. The molecule has 0 amide bonds. The SMILES string of the molecule is CCNc1n[nH]c2c1CCC2(C)C. The smallest absolute Gasteiger partial charge is 0.151 e. The molecule has 0 aromatic carbocycles. The van der Waals surface area contributed by atoms with E-state index in [1.165, 1.54) is 17.7 Å². The number of fused-ring (bicyclic) bond motifs is 1. The van der Waals surface area contributed by atoms with Gasteiger partial charge in [0, 0.05) is 23.2 Å². The standard InChI is InChI=1S/C10H17N3/c1-4-11-9-7-5-6-10(2,3)8(7)12-13-9/h4-6H2,1-3H3,(H2,11,12,13). The number of aromatic amines is 1. The number of nitrogens with one attached hydrogen (secondary N) is 2. The molecule has 0 unspecified atom stereocenters. The third-order valence-electron chi connectivity index (χ3n) is 2.89. The summed E-state index contributed by atoms with van der Waals surface area (Å²) in [5.41, 5.74) is 3.01. The number of hydrogen-bond donors (Lipinski definition) is 2. The zero-order valence-corrected chi connectivity index (χ0v) is 8.57. The Kier molecular flexibility index (Phi) is 1.82. The first kappa shape index (κ1) is 8.60. The van der Waals surface area contributed by atoms with E-state index in [0.717, 1.165) is 18.8 Å². The maximum absolute atomic E-state index is 4.29. The van der Waals surface area contributed by atoms with Crippen LogP contribution in [0.15, 0.2) is 0 Å². The van der Waals surface area contributed by atoms with Gasteiger partial charge in [-0.3, -0.25) is 5.10 Å². The summed E-state index contributed by atoms with van der Waals surface area (Å²) in [4.78, 5) is 0. The van der Waals surface area contributed by atoms with Crippen LogP contribution in [0.25, 0.3) is 0 Å². The van der Waals surface area contributed by atoms with Gasteiger partial charge in [-0.15, -0.1) is 0 Å². The van der Waals surface area contributed by atoms with E-state index in [4.69, 9.17) is 0 Å². The molecule has 3 heteroatoms. The molecule has 0 spiro atoms. The second-order valence-electron chi connectivity index (χ2n) is 4.34. The molecule has 1 aliphatic carbocycles. The van der Waals surface area contributed by atoms with E-state index in [1.807, 2.05) is 0 Å². The van der Waals surface area contributed by atoms with Gasteiger partial charge in [0.2, 0.25) is 0 Å². The Morgan fingerprint density at radius 1 is 1.54 bits per heavy atom. The molecule has 1 aromatic rings. The molecule has 0 saturated heterocycles. The van der Waals surface area contributed by atoms with E-state index >= 15 is 0 Å². The van der Waals surface area contributed by atoms with Crippen molar-refractivity contribution in [2.45, 2.75) is 39.0 Å². The molecule has 1 heterocycles. The summed E-state index contributed by atoms with van der Waals surface area (Å²) in [6.07, 6.45) is 2.39. The van der Waals surface area contributed by atoms with E-state index in [0.29, 0.717) is 0 Å². The van der Waals surface area contributed by atoms with E-state index in [9.17, 15) is 0 Å². The quantitative estimate of drug-likeness (QED) is 0.729. The maximum Gasteiger partial charge on any atom is 0.151 e. The molecule has 1 aromatic heterocycles. The van der Waals surface area contributed by atoms with Crippen molar-refractivity contribution < 1.29 is 0 Å². The van der Waals surface area contributed by atoms with Crippen molar-refractivity contribution in [3.8, 4) is 0 Å². The summed E-state index contributed by atoms with van der Waals surface area (Å²) in [7, 11) is 0. The predicted octanol–water partition coefficient (Wildman–Crippen LogP) is 2.07. The topological polar surface area (TPSA) is 40.7 Å². The van der Waals surface area contributed by atoms with Crippen LogP contribution in [0.3, 0.4) is 0 Å². The predicted molar refractivity (Wildman–Crippen MR) is 54.1 cm³/mol. The Labute approximate surface area is 78.9 Å². The van der Waals surface area contributed by atoms with E-state index in [2.05, 4.69) is 36.3 Å². The summed E-state index contributed by atoms with van der Waals surface area (Å²) >= 11 is 0. The maximum atomic E-state index is 4.29. The molecule has 3 nitrogen and oxygen atoms in total. The molecule has 2 N–H and O–H groups in total. The fraction of sp³-hybridized carbons (Fsp3) is 0.700. The summed E-state index contributed by atoms with van der Waals surface area (Å²) in [6.45, 7) is 7.58. The lowest BCUT2D eigenvalue weighted by atomic mass is 9.91. The van der Waals surface area contributed by atoms with Gasteiger partial charge in [0.05, 0.1) is 0 Å². The first-order valence-electron chi connectivity index (χ1n) is 4.96. The van der Waals surface area contributed by atoms with Gasteiger partial charge in [0.25, 0.3) is 0 Å². The third kappa shape index (κ3) is 1.23. The van der Waals surface area contributed by atoms with Crippen LogP contribution in [0.5, 0.6) is 0 Å². The molecule has 0 radical (unpaired) electrons. The van der Waals surface area contributed by atoms with E-state index in [1.54, 1.807) is 0 Å². The fourth-order valence-corrected chi connectivity index (χ4v) is 2.04. The van der Waals surface area contributed by atoms with Gasteiger partial charge in [-0.05, 0) is 19.8 Å². The minimum Gasteiger partial charge on any atom is -0.369 e. The second-order valence-corrected chi connectivity index (χ2v) is 4.34. The lowest BCUT2D eigenvalue weighted by Crippen LogP contribution is -2.12. The molecule has 0 aliphatic heterocycles. The van der Waals surface area contributed by atoms with Gasteiger partial charge in [0.1, 0.15) is 0 Å². The normalized spacial score (nSPS) is 18.7. The Morgan fingerprint density at radius 3 is 3.00 bits per heavy atom. The van der Waals surface area contributed by atoms with Crippen molar-refractivity contribution in [2.24, 2.45) is 0 Å². The lowest BCUT2D eigenvalue weighted by molar-refractivity contribution is 0.504. The number of anilines is 1. The van der Waals surface area contributed by atoms with Gasteiger partial charge in [0.15, 0.2) is 5.82 Å². The van der Waals surface area contributed by atoms with Crippen molar-refractivity contribution in [1.82, 2.24) is 10.2 Å². The number of nitrogens with zero attached hydrogens (tertiary/aromatic N) is 1. The average Bonchev–Trinajstić information content (AvgIpc) is 2.57. The van der Waals surface area contributed by atoms with Crippen LogP contribution in [-0.4, -0.2) is 16.7 Å². The Hall–Kier alpha value is -0.990. The Balaban J connectivity index is 2.36. The van der Waals surface area contributed by atoms with Crippen LogP contribution in [0.4, 0.5) is 5.82 Å². The summed E-state index contributed by atoms with van der Waals surface area (Å²) in [5.74, 6) is 1.06. The molecule has 0 fully saturated rings. The molecule has 72 valence electrons. The first-order valence-corrected chi connectivity index (χ1v) is 4.96. The molecular weight excluding hydrogens is 162 g/mol. The summed E-state index contributed by atoms with van der Waals surface area (Å²) < 4.78 is 0. The Morgan fingerprint density at radius 2 is 2.31 bits per heavy atom. The minimum absolute atomic E-state index is 0.288. The molecule has 0 saturated carbocycles. The fourth-order valence-electron chi connectivity index (χ4n) is 2.04. The van der Waals surface area contributed by atoms with Crippen molar-refractivity contribution in [2.75, 3.05) is 11.9 Å². The highest BCUT2D eigenvalue weighted by atomic mass is 15.2. The summed E-state index contributed by atoms with van der Waals surface area (Å²) in [6, 6.07) is 0. The van der Waals surface area contributed by atoms with Crippen LogP contribution >= 0.6 is 0 Å². The zero-order chi connectivity index (χ0) is 9.47. The average molecular weight is 179 g/mol. The zero-order valence-electron chi connectivity index (χ0n) is 8.57. The van der Waals surface area contributed by atoms with Gasteiger partial charge in [-0.2, -0.15) is 5.10 Å². The minimum atomic E-state index is 0.288. The second kappa shape index (κ2) is 2.76. The summed E-state index contributed by atoms with van der Waals surface area (Å²) in [5, 5.41) is 10.7. The van der Waals surface area contributed by atoms with Crippen LogP contribution in [0.2, 0.25) is 0 Å². The van der Waals surface area contributed by atoms with Gasteiger partial charge in [-0.1, -0.05) is 13.8 Å². The van der Waals surface area contributed by atoms with Crippen LogP contribution in [-0.2, 0) is 11.8 Å². The van der Waals surface area contributed by atoms with Crippen molar-refractivity contribution in [3.05, 3.63) is 11.3 Å². The van der Waals surface area contributed by atoms with Crippen LogP contribution in [0, 0.1) is 0 Å². The van der Waals surface area contributed by atoms with Crippen molar-refractivity contribution in [3.63, 3.8) is 0 Å². The highest BCUT2D eigenvalue weighted by molar-refractivity contribution is 5.51. The highest BCUT2D eigenvalue weighted by Gasteiger charge is 2.33. The number of aromatic nitrogens is 2. The largest absolute Gasteiger partial charge is 0.369 e. The Bertz CT molecular complexity index is 312.